The fraction of sp³-hybridized carbons (Fsp3) is 0.944. The molecule has 5 heteroatoms. The van der Waals surface area contributed by atoms with Gasteiger partial charge >= 0.3 is 0 Å². The summed E-state index contributed by atoms with van der Waals surface area (Å²) in [4.78, 5) is 7.53. The van der Waals surface area contributed by atoms with Crippen LogP contribution in [-0.4, -0.2) is 53.6 Å². The van der Waals surface area contributed by atoms with Crippen LogP contribution >= 0.6 is 11.8 Å². The van der Waals surface area contributed by atoms with Gasteiger partial charge in [-0.05, 0) is 25.7 Å². The van der Waals surface area contributed by atoms with Gasteiger partial charge in [-0.15, -0.1) is 0 Å². The van der Waals surface area contributed by atoms with Gasteiger partial charge in [-0.1, -0.05) is 38.5 Å². The van der Waals surface area contributed by atoms with Crippen LogP contribution in [0.25, 0.3) is 0 Å². The zero-order valence-electron chi connectivity index (χ0n) is 14.6. The molecular weight excluding hydrogens is 304 g/mol. The molecule has 0 unspecified atom stereocenters. The average molecular weight is 339 g/mol. The third-order valence-electron chi connectivity index (χ3n) is 5.97. The molecule has 0 aromatic carbocycles. The summed E-state index contributed by atoms with van der Waals surface area (Å²) in [6.07, 6.45) is 13.3. The summed E-state index contributed by atoms with van der Waals surface area (Å²) in [6.45, 7) is 3.36. The summed E-state index contributed by atoms with van der Waals surface area (Å²) >= 11 is 2.09. The van der Waals surface area contributed by atoms with Crippen LogP contribution in [0.15, 0.2) is 4.99 Å². The standard InChI is InChI=1S/C18H34N4S/c19-17(21-16-7-3-1-2-4-8-16)20-15-18(9-5-6-10-18)22-11-13-23-14-12-22/h16H,1-15H2,(H3,19,20,21). The lowest BCUT2D eigenvalue weighted by Gasteiger charge is -2.42. The molecule has 4 nitrogen and oxygen atoms in total. The Morgan fingerprint density at radius 3 is 2.35 bits per heavy atom. The van der Waals surface area contributed by atoms with Gasteiger partial charge < -0.3 is 11.1 Å². The quantitative estimate of drug-likeness (QED) is 0.470. The third kappa shape index (κ3) is 4.79. The van der Waals surface area contributed by atoms with Crippen LogP contribution in [0.3, 0.4) is 0 Å². The van der Waals surface area contributed by atoms with E-state index in [0.29, 0.717) is 17.5 Å². The van der Waals surface area contributed by atoms with Crippen molar-refractivity contribution in [3.05, 3.63) is 0 Å². The first-order valence-electron chi connectivity index (χ1n) is 9.68. The van der Waals surface area contributed by atoms with Gasteiger partial charge in [0.25, 0.3) is 0 Å². The highest BCUT2D eigenvalue weighted by Gasteiger charge is 2.39. The summed E-state index contributed by atoms with van der Waals surface area (Å²) in [6, 6.07) is 0.548. The van der Waals surface area contributed by atoms with Gasteiger partial charge in [-0.3, -0.25) is 9.89 Å². The van der Waals surface area contributed by atoms with Gasteiger partial charge in [-0.25, -0.2) is 0 Å². The predicted octanol–water partition coefficient (Wildman–Crippen LogP) is 2.98. The van der Waals surface area contributed by atoms with E-state index in [9.17, 15) is 0 Å². The molecule has 0 aromatic rings. The zero-order chi connectivity index (χ0) is 16.0. The van der Waals surface area contributed by atoms with Crippen LogP contribution in [0.1, 0.15) is 64.2 Å². The molecule has 0 atom stereocenters. The first kappa shape index (κ1) is 17.4. The van der Waals surface area contributed by atoms with Crippen molar-refractivity contribution in [3.8, 4) is 0 Å². The van der Waals surface area contributed by atoms with Gasteiger partial charge in [-0.2, -0.15) is 11.8 Å². The molecule has 1 aliphatic heterocycles. The summed E-state index contributed by atoms with van der Waals surface area (Å²) in [5.74, 6) is 3.25. The molecule has 2 aliphatic carbocycles. The Morgan fingerprint density at radius 1 is 1.04 bits per heavy atom. The van der Waals surface area contributed by atoms with Gasteiger partial charge in [0.15, 0.2) is 5.96 Å². The number of hydrogen-bond acceptors (Lipinski definition) is 3. The smallest absolute Gasteiger partial charge is 0.188 e. The van der Waals surface area contributed by atoms with Gasteiger partial charge in [0, 0.05) is 36.2 Å². The van der Waals surface area contributed by atoms with Gasteiger partial charge in [0.1, 0.15) is 0 Å². The van der Waals surface area contributed by atoms with Crippen molar-refractivity contribution >= 4 is 17.7 Å². The lowest BCUT2D eigenvalue weighted by atomic mass is 9.95. The largest absolute Gasteiger partial charge is 0.370 e. The van der Waals surface area contributed by atoms with E-state index in [-0.39, 0.29) is 0 Å². The Labute approximate surface area is 146 Å². The molecule has 3 N–H and O–H groups in total. The van der Waals surface area contributed by atoms with Crippen molar-refractivity contribution in [2.75, 3.05) is 31.1 Å². The third-order valence-corrected chi connectivity index (χ3v) is 6.91. The maximum Gasteiger partial charge on any atom is 0.188 e. The molecule has 1 heterocycles. The average Bonchev–Trinajstić information content (AvgIpc) is 2.93. The second-order valence-corrected chi connectivity index (χ2v) is 8.79. The maximum atomic E-state index is 6.24. The first-order valence-corrected chi connectivity index (χ1v) is 10.8. The zero-order valence-corrected chi connectivity index (χ0v) is 15.4. The topological polar surface area (TPSA) is 53.6 Å². The van der Waals surface area contributed by atoms with Crippen LogP contribution in [0.4, 0.5) is 0 Å². The van der Waals surface area contributed by atoms with E-state index >= 15 is 0 Å². The molecular formula is C18H34N4S. The van der Waals surface area contributed by atoms with Crippen molar-refractivity contribution in [2.24, 2.45) is 10.7 Å². The van der Waals surface area contributed by atoms with E-state index in [0.717, 1.165) is 6.54 Å². The number of nitrogens with one attached hydrogen (secondary N) is 1. The van der Waals surface area contributed by atoms with Crippen molar-refractivity contribution in [2.45, 2.75) is 75.8 Å². The second-order valence-electron chi connectivity index (χ2n) is 7.57. The van der Waals surface area contributed by atoms with Crippen molar-refractivity contribution < 1.29 is 0 Å². The molecule has 3 fully saturated rings. The first-order chi connectivity index (χ1) is 11.3. The van der Waals surface area contributed by atoms with Crippen molar-refractivity contribution in [1.82, 2.24) is 10.2 Å². The number of guanidine groups is 1. The monoisotopic (exact) mass is 338 g/mol. The molecule has 0 radical (unpaired) electrons. The lowest BCUT2D eigenvalue weighted by Crippen LogP contribution is -2.53. The van der Waals surface area contributed by atoms with E-state index < -0.39 is 0 Å². The van der Waals surface area contributed by atoms with Crippen LogP contribution in [0.2, 0.25) is 0 Å². The van der Waals surface area contributed by atoms with Gasteiger partial charge in [0.05, 0.1) is 6.54 Å². The number of nitrogens with two attached hydrogens (primary N) is 1. The minimum atomic E-state index is 0.302. The molecule has 132 valence electrons. The minimum Gasteiger partial charge on any atom is -0.370 e. The SMILES string of the molecule is NC(=NCC1(N2CCSCC2)CCCC1)NC1CCCCCC1. The lowest BCUT2D eigenvalue weighted by molar-refractivity contribution is 0.112. The van der Waals surface area contributed by atoms with E-state index in [2.05, 4.69) is 22.0 Å². The number of rotatable bonds is 4. The van der Waals surface area contributed by atoms with E-state index in [1.807, 2.05) is 0 Å². The van der Waals surface area contributed by atoms with Crippen LogP contribution in [0.5, 0.6) is 0 Å². The molecule has 0 bridgehead atoms. The molecule has 1 saturated heterocycles. The number of aliphatic imine (C=N–C) groups is 1. The highest BCUT2D eigenvalue weighted by molar-refractivity contribution is 7.99. The minimum absolute atomic E-state index is 0.302. The Hall–Kier alpha value is -0.420. The Kier molecular flexibility index (Phi) is 6.52. The molecule has 2 saturated carbocycles. The van der Waals surface area contributed by atoms with E-state index in [1.165, 1.54) is 88.8 Å². The number of hydrogen-bond donors (Lipinski definition) is 2. The van der Waals surface area contributed by atoms with E-state index in [4.69, 9.17) is 10.7 Å². The molecule has 0 amide bonds. The molecule has 0 aromatic heterocycles. The predicted molar refractivity (Wildman–Crippen MR) is 101 cm³/mol. The molecule has 3 aliphatic rings. The summed E-state index contributed by atoms with van der Waals surface area (Å²) in [7, 11) is 0. The fourth-order valence-electron chi connectivity index (χ4n) is 4.56. The second kappa shape index (κ2) is 8.61. The Balaban J connectivity index is 1.56. The summed E-state index contributed by atoms with van der Waals surface area (Å²) in [5, 5.41) is 3.51. The normalized spacial score (nSPS) is 27.7. The summed E-state index contributed by atoms with van der Waals surface area (Å²) < 4.78 is 0. The molecule has 3 rings (SSSR count). The molecule has 0 spiro atoms. The Bertz CT molecular complexity index is 378. The number of thioether (sulfide) groups is 1. The van der Waals surface area contributed by atoms with Crippen molar-refractivity contribution in [3.63, 3.8) is 0 Å². The van der Waals surface area contributed by atoms with Gasteiger partial charge in [0.2, 0.25) is 0 Å². The highest BCUT2D eigenvalue weighted by Crippen LogP contribution is 2.37. The fourth-order valence-corrected chi connectivity index (χ4v) is 5.46. The Morgan fingerprint density at radius 2 is 1.70 bits per heavy atom. The van der Waals surface area contributed by atoms with Crippen LogP contribution in [0, 0.1) is 0 Å². The summed E-state index contributed by atoms with van der Waals surface area (Å²) in [5.41, 5.74) is 6.54. The van der Waals surface area contributed by atoms with E-state index in [1.54, 1.807) is 0 Å². The van der Waals surface area contributed by atoms with Crippen molar-refractivity contribution in [1.29, 1.82) is 0 Å². The van der Waals surface area contributed by atoms with Crippen LogP contribution < -0.4 is 11.1 Å². The highest BCUT2D eigenvalue weighted by atomic mass is 32.2. The molecule has 23 heavy (non-hydrogen) atoms. The maximum absolute atomic E-state index is 6.24. The van der Waals surface area contributed by atoms with Crippen LogP contribution in [-0.2, 0) is 0 Å². The number of nitrogens with zero attached hydrogens (tertiary/aromatic N) is 2.